The van der Waals surface area contributed by atoms with Crippen molar-refractivity contribution < 1.29 is 4.79 Å². The normalized spacial score (nSPS) is 11.4. The third-order valence-corrected chi connectivity index (χ3v) is 2.92. The molecule has 5 heteroatoms. The van der Waals surface area contributed by atoms with Crippen LogP contribution in [0.25, 0.3) is 0 Å². The van der Waals surface area contributed by atoms with Gasteiger partial charge in [-0.25, -0.2) is 0 Å². The summed E-state index contributed by atoms with van der Waals surface area (Å²) in [5, 5.41) is 2.83. The molecule has 1 atom stereocenters. The second kappa shape index (κ2) is 9.97. The van der Waals surface area contributed by atoms with Crippen LogP contribution >= 0.6 is 11.8 Å². The maximum absolute atomic E-state index is 11.6. The first-order valence-corrected chi connectivity index (χ1v) is 6.69. The van der Waals surface area contributed by atoms with Gasteiger partial charge in [0.1, 0.15) is 0 Å². The summed E-state index contributed by atoms with van der Waals surface area (Å²) in [6.07, 6.45) is 2.73. The standard InChI is InChI=1S/C12H18N2OS.Na.H/c1-16-8-7-11(13)12(15)14-9-10-5-3-2-4-6-10;;/h2-6,11H,7-9,13H2,1H3,(H,14,15);;/t11-;;/m1../s1. The first-order chi connectivity index (χ1) is 7.74. The van der Waals surface area contributed by atoms with Crippen LogP contribution in [-0.2, 0) is 11.3 Å². The van der Waals surface area contributed by atoms with Crippen LogP contribution in [0.3, 0.4) is 0 Å². The zero-order valence-corrected chi connectivity index (χ0v) is 10.3. The van der Waals surface area contributed by atoms with Gasteiger partial charge in [0.15, 0.2) is 0 Å². The van der Waals surface area contributed by atoms with E-state index in [1.54, 1.807) is 11.8 Å². The van der Waals surface area contributed by atoms with Crippen LogP contribution in [0, 0.1) is 0 Å². The summed E-state index contributed by atoms with van der Waals surface area (Å²) in [6.45, 7) is 0.548. The summed E-state index contributed by atoms with van der Waals surface area (Å²) in [6, 6.07) is 9.43. The number of rotatable bonds is 6. The molecule has 3 N–H and O–H groups in total. The number of nitrogens with two attached hydrogens (primary N) is 1. The van der Waals surface area contributed by atoms with Gasteiger partial charge in [-0.1, -0.05) is 30.3 Å². The Morgan fingerprint density at radius 1 is 1.41 bits per heavy atom. The van der Waals surface area contributed by atoms with E-state index in [2.05, 4.69) is 5.32 Å². The van der Waals surface area contributed by atoms with Gasteiger partial charge in [0, 0.05) is 6.54 Å². The van der Waals surface area contributed by atoms with E-state index in [1.807, 2.05) is 36.6 Å². The van der Waals surface area contributed by atoms with Gasteiger partial charge in [0.25, 0.3) is 0 Å². The van der Waals surface area contributed by atoms with Gasteiger partial charge in [0.2, 0.25) is 5.91 Å². The van der Waals surface area contributed by atoms with E-state index in [-0.39, 0.29) is 35.5 Å². The van der Waals surface area contributed by atoms with E-state index in [1.165, 1.54) is 0 Å². The molecule has 1 aromatic rings. The minimum absolute atomic E-state index is 0. The predicted molar refractivity (Wildman–Crippen MR) is 76.4 cm³/mol. The molecule has 0 aliphatic rings. The summed E-state index contributed by atoms with van der Waals surface area (Å²) >= 11 is 1.70. The fraction of sp³-hybridized carbons (Fsp3) is 0.417. The van der Waals surface area contributed by atoms with Crippen LogP contribution < -0.4 is 11.1 Å². The third-order valence-electron chi connectivity index (χ3n) is 2.28. The number of carbonyl (C=O) groups is 1. The first-order valence-electron chi connectivity index (χ1n) is 5.30. The van der Waals surface area contributed by atoms with Crippen molar-refractivity contribution in [3.63, 3.8) is 0 Å². The molecule has 1 amide bonds. The van der Waals surface area contributed by atoms with Gasteiger partial charge in [-0.05, 0) is 24.0 Å². The summed E-state index contributed by atoms with van der Waals surface area (Å²) in [4.78, 5) is 11.6. The molecule has 0 bridgehead atoms. The van der Waals surface area contributed by atoms with Crippen LogP contribution in [0.5, 0.6) is 0 Å². The van der Waals surface area contributed by atoms with Crippen LogP contribution in [0.1, 0.15) is 12.0 Å². The van der Waals surface area contributed by atoms with Crippen molar-refractivity contribution in [2.45, 2.75) is 19.0 Å². The predicted octanol–water partition coefficient (Wildman–Crippen LogP) is 0.735. The molecule has 0 heterocycles. The Labute approximate surface area is 129 Å². The van der Waals surface area contributed by atoms with Gasteiger partial charge in [-0.3, -0.25) is 4.79 Å². The van der Waals surface area contributed by atoms with Crippen molar-refractivity contribution >= 4 is 47.2 Å². The van der Waals surface area contributed by atoms with E-state index in [4.69, 9.17) is 5.73 Å². The molecule has 3 nitrogen and oxygen atoms in total. The Bertz CT molecular complexity index is 322. The first kappa shape index (κ1) is 17.0. The van der Waals surface area contributed by atoms with E-state index in [9.17, 15) is 4.79 Å². The Kier molecular flexibility index (Phi) is 9.97. The number of thioether (sulfide) groups is 1. The molecule has 0 saturated carbocycles. The van der Waals surface area contributed by atoms with Crippen molar-refractivity contribution in [3.05, 3.63) is 35.9 Å². The van der Waals surface area contributed by atoms with Crippen LogP contribution in [-0.4, -0.2) is 53.5 Å². The molecular weight excluding hydrogens is 243 g/mol. The molecule has 17 heavy (non-hydrogen) atoms. The van der Waals surface area contributed by atoms with Crippen molar-refractivity contribution in [3.8, 4) is 0 Å². The molecular formula is C12H19N2NaOS. The zero-order chi connectivity index (χ0) is 11.8. The number of hydrogen-bond acceptors (Lipinski definition) is 3. The Morgan fingerprint density at radius 2 is 2.06 bits per heavy atom. The molecule has 90 valence electrons. The monoisotopic (exact) mass is 262 g/mol. The number of nitrogens with one attached hydrogen (secondary N) is 1. The average molecular weight is 262 g/mol. The number of benzene rings is 1. The Balaban J connectivity index is 0.00000256. The van der Waals surface area contributed by atoms with Crippen molar-refractivity contribution in [1.29, 1.82) is 0 Å². The minimum atomic E-state index is -0.392. The number of amides is 1. The van der Waals surface area contributed by atoms with Crippen LogP contribution in [0.4, 0.5) is 0 Å². The Morgan fingerprint density at radius 3 is 2.65 bits per heavy atom. The third kappa shape index (κ3) is 7.11. The molecule has 0 spiro atoms. The fourth-order valence-electron chi connectivity index (χ4n) is 1.29. The summed E-state index contributed by atoms with van der Waals surface area (Å²) < 4.78 is 0. The molecule has 1 aromatic carbocycles. The molecule has 1 rings (SSSR count). The zero-order valence-electron chi connectivity index (χ0n) is 9.48. The van der Waals surface area contributed by atoms with Crippen LogP contribution in [0.2, 0.25) is 0 Å². The second-order valence-electron chi connectivity index (χ2n) is 3.59. The van der Waals surface area contributed by atoms with Gasteiger partial charge in [-0.15, -0.1) is 0 Å². The summed E-state index contributed by atoms with van der Waals surface area (Å²) in [7, 11) is 0. The molecule has 0 aromatic heterocycles. The van der Waals surface area contributed by atoms with E-state index in [0.717, 1.165) is 17.7 Å². The average Bonchev–Trinajstić information content (AvgIpc) is 2.34. The molecule has 0 fully saturated rings. The van der Waals surface area contributed by atoms with Gasteiger partial charge < -0.3 is 11.1 Å². The molecule has 0 aliphatic carbocycles. The molecule has 0 aliphatic heterocycles. The summed E-state index contributed by atoms with van der Waals surface area (Å²) in [5.74, 6) is 0.845. The van der Waals surface area contributed by atoms with Gasteiger partial charge in [0.05, 0.1) is 6.04 Å². The molecule has 0 radical (unpaired) electrons. The quantitative estimate of drug-likeness (QED) is 0.743. The molecule has 0 unspecified atom stereocenters. The fourth-order valence-corrected chi connectivity index (χ4v) is 1.78. The number of carbonyl (C=O) groups excluding carboxylic acids is 1. The second-order valence-corrected chi connectivity index (χ2v) is 4.58. The number of hydrogen-bond donors (Lipinski definition) is 2. The van der Waals surface area contributed by atoms with E-state index in [0.29, 0.717) is 6.54 Å². The van der Waals surface area contributed by atoms with E-state index < -0.39 is 6.04 Å². The van der Waals surface area contributed by atoms with Crippen molar-refractivity contribution in [2.75, 3.05) is 12.0 Å². The van der Waals surface area contributed by atoms with E-state index >= 15 is 0 Å². The van der Waals surface area contributed by atoms with Crippen LogP contribution in [0.15, 0.2) is 30.3 Å². The van der Waals surface area contributed by atoms with Gasteiger partial charge >= 0.3 is 29.6 Å². The maximum atomic E-state index is 11.6. The summed E-state index contributed by atoms with van der Waals surface area (Å²) in [5.41, 5.74) is 6.83. The van der Waals surface area contributed by atoms with Gasteiger partial charge in [-0.2, -0.15) is 11.8 Å². The molecule has 0 saturated heterocycles. The Hall–Kier alpha value is 0. The van der Waals surface area contributed by atoms with Crippen molar-refractivity contribution in [2.24, 2.45) is 5.73 Å². The van der Waals surface area contributed by atoms with Crippen molar-refractivity contribution in [1.82, 2.24) is 5.32 Å². The topological polar surface area (TPSA) is 55.1 Å². The SMILES string of the molecule is CSCC[C@@H](N)C(=O)NCc1ccccc1.[NaH].